The first-order valence-corrected chi connectivity index (χ1v) is 7.49. The molecule has 0 aliphatic heterocycles. The highest BCUT2D eigenvalue weighted by molar-refractivity contribution is 8.03. The van der Waals surface area contributed by atoms with Crippen molar-refractivity contribution in [2.75, 3.05) is 0 Å². The molecular formula is C16H24OS. The van der Waals surface area contributed by atoms with Crippen molar-refractivity contribution in [3.63, 3.8) is 0 Å². The van der Waals surface area contributed by atoms with Crippen molar-refractivity contribution >= 4 is 11.8 Å². The van der Waals surface area contributed by atoms with Crippen molar-refractivity contribution < 1.29 is 5.11 Å². The molecule has 0 saturated carbocycles. The van der Waals surface area contributed by atoms with Crippen LogP contribution in [0.15, 0.2) is 40.6 Å². The van der Waals surface area contributed by atoms with Gasteiger partial charge in [-0.2, -0.15) is 0 Å². The monoisotopic (exact) mass is 264 g/mol. The molecule has 2 heteroatoms. The van der Waals surface area contributed by atoms with Gasteiger partial charge >= 0.3 is 0 Å². The molecule has 0 atom stereocenters. The van der Waals surface area contributed by atoms with E-state index in [1.807, 2.05) is 0 Å². The van der Waals surface area contributed by atoms with Gasteiger partial charge in [0.25, 0.3) is 0 Å². The summed E-state index contributed by atoms with van der Waals surface area (Å²) in [7, 11) is 0. The first-order chi connectivity index (χ1) is 8.51. The highest BCUT2D eigenvalue weighted by atomic mass is 32.2. The highest BCUT2D eigenvalue weighted by Crippen LogP contribution is 2.38. The number of hydrogen-bond acceptors (Lipinski definition) is 2. The van der Waals surface area contributed by atoms with Crippen molar-refractivity contribution in [1.82, 2.24) is 0 Å². The van der Waals surface area contributed by atoms with Gasteiger partial charge in [0.1, 0.15) is 0 Å². The molecule has 0 fully saturated rings. The van der Waals surface area contributed by atoms with Crippen molar-refractivity contribution in [1.29, 1.82) is 0 Å². The molecule has 1 aromatic carbocycles. The van der Waals surface area contributed by atoms with E-state index in [1.54, 1.807) is 11.8 Å². The van der Waals surface area contributed by atoms with Crippen LogP contribution in [0.5, 0.6) is 0 Å². The fourth-order valence-corrected chi connectivity index (χ4v) is 3.03. The number of benzene rings is 1. The van der Waals surface area contributed by atoms with Crippen LogP contribution in [0, 0.1) is 6.92 Å². The zero-order chi connectivity index (χ0) is 13.6. The van der Waals surface area contributed by atoms with Crippen LogP contribution in [0.2, 0.25) is 0 Å². The summed E-state index contributed by atoms with van der Waals surface area (Å²) in [6.45, 7) is 10.4. The number of aliphatic hydroxyl groups is 1. The normalized spacial score (nSPS) is 11.6. The average molecular weight is 264 g/mol. The van der Waals surface area contributed by atoms with Crippen molar-refractivity contribution in [2.24, 2.45) is 0 Å². The highest BCUT2D eigenvalue weighted by Gasteiger charge is 2.28. The Balaban J connectivity index is 2.75. The van der Waals surface area contributed by atoms with Crippen molar-refractivity contribution in [2.45, 2.75) is 57.0 Å². The summed E-state index contributed by atoms with van der Waals surface area (Å²) >= 11 is 1.59. The molecule has 0 bridgehead atoms. The van der Waals surface area contributed by atoms with E-state index in [4.69, 9.17) is 0 Å². The van der Waals surface area contributed by atoms with Crippen LogP contribution < -0.4 is 0 Å². The molecular weight excluding hydrogens is 240 g/mol. The molecule has 1 rings (SSSR count). The van der Waals surface area contributed by atoms with Crippen LogP contribution in [0.4, 0.5) is 0 Å². The molecule has 0 radical (unpaired) electrons. The molecule has 0 unspecified atom stereocenters. The molecule has 1 aromatic rings. The third-order valence-corrected chi connectivity index (χ3v) is 4.24. The third-order valence-electron chi connectivity index (χ3n) is 3.11. The van der Waals surface area contributed by atoms with Crippen LogP contribution >= 0.6 is 11.8 Å². The maximum Gasteiger partial charge on any atom is 0.0951 e. The summed E-state index contributed by atoms with van der Waals surface area (Å²) in [5.74, 6) is 0. The Morgan fingerprint density at radius 1 is 1.17 bits per heavy atom. The summed E-state index contributed by atoms with van der Waals surface area (Å²) in [4.78, 5) is 2.02. The molecule has 100 valence electrons. The van der Waals surface area contributed by atoms with E-state index in [2.05, 4.69) is 51.6 Å². The summed E-state index contributed by atoms with van der Waals surface area (Å²) in [6, 6.07) is 8.36. The van der Waals surface area contributed by atoms with E-state index in [-0.39, 0.29) is 0 Å². The number of aryl methyl sites for hydroxylation is 1. The van der Waals surface area contributed by atoms with Crippen LogP contribution in [0.1, 0.15) is 45.1 Å². The van der Waals surface area contributed by atoms with Crippen LogP contribution in [0.3, 0.4) is 0 Å². The zero-order valence-corrected chi connectivity index (χ0v) is 12.5. The molecule has 0 aromatic heterocycles. The Bertz CT molecular complexity index is 375. The minimum atomic E-state index is -0.723. The second kappa shape index (κ2) is 7.01. The van der Waals surface area contributed by atoms with Gasteiger partial charge in [0, 0.05) is 9.80 Å². The van der Waals surface area contributed by atoms with Gasteiger partial charge in [0.15, 0.2) is 0 Å². The Kier molecular flexibility index (Phi) is 5.97. The molecule has 0 heterocycles. The van der Waals surface area contributed by atoms with E-state index in [0.717, 1.165) is 35.5 Å². The van der Waals surface area contributed by atoms with E-state index in [9.17, 15) is 5.11 Å². The lowest BCUT2D eigenvalue weighted by atomic mass is 9.93. The van der Waals surface area contributed by atoms with Gasteiger partial charge in [-0.05, 0) is 31.9 Å². The number of rotatable bonds is 7. The fourth-order valence-electron chi connectivity index (χ4n) is 2.07. The predicted molar refractivity (Wildman–Crippen MR) is 80.9 cm³/mol. The van der Waals surface area contributed by atoms with Crippen LogP contribution in [-0.4, -0.2) is 10.7 Å². The summed E-state index contributed by atoms with van der Waals surface area (Å²) in [6.07, 6.45) is 3.53. The predicted octanol–water partition coefficient (Wildman–Crippen LogP) is 4.93. The maximum absolute atomic E-state index is 10.7. The van der Waals surface area contributed by atoms with Gasteiger partial charge < -0.3 is 5.11 Å². The van der Waals surface area contributed by atoms with Gasteiger partial charge in [-0.3, -0.25) is 0 Å². The lowest BCUT2D eigenvalue weighted by Crippen LogP contribution is -2.29. The largest absolute Gasteiger partial charge is 0.385 e. The van der Waals surface area contributed by atoms with E-state index >= 15 is 0 Å². The molecule has 1 N–H and O–H groups in total. The van der Waals surface area contributed by atoms with Gasteiger partial charge in [-0.25, -0.2) is 0 Å². The van der Waals surface area contributed by atoms with Gasteiger partial charge in [-0.15, -0.1) is 0 Å². The summed E-state index contributed by atoms with van der Waals surface area (Å²) < 4.78 is 0. The number of hydrogen-bond donors (Lipinski definition) is 1. The molecule has 0 spiro atoms. The Labute approximate surface area is 115 Å². The number of thioether (sulfide) groups is 1. The van der Waals surface area contributed by atoms with E-state index < -0.39 is 5.60 Å². The second-order valence-corrected chi connectivity index (χ2v) is 6.04. The second-order valence-electron chi connectivity index (χ2n) is 4.87. The first kappa shape index (κ1) is 15.3. The topological polar surface area (TPSA) is 20.2 Å². The van der Waals surface area contributed by atoms with Gasteiger partial charge in [0.05, 0.1) is 5.60 Å². The van der Waals surface area contributed by atoms with Gasteiger partial charge in [0.2, 0.25) is 0 Å². The minimum Gasteiger partial charge on any atom is -0.385 e. The Hall–Kier alpha value is -0.730. The minimum absolute atomic E-state index is 0.723. The molecule has 1 nitrogen and oxygen atoms in total. The first-order valence-electron chi connectivity index (χ1n) is 6.68. The van der Waals surface area contributed by atoms with Crippen molar-refractivity contribution in [3.8, 4) is 0 Å². The standard InChI is InChI=1S/C16H24OS/c1-5-11-16(17,12-6-2)14(4)18-15-9-7-13(3)8-10-15/h7-10,17H,4-6,11-12H2,1-3H3. The fraction of sp³-hybridized carbons (Fsp3) is 0.500. The summed E-state index contributed by atoms with van der Waals surface area (Å²) in [5.41, 5.74) is 0.529. The quantitative estimate of drug-likeness (QED) is 0.704. The van der Waals surface area contributed by atoms with Gasteiger partial charge in [-0.1, -0.05) is 62.7 Å². The third kappa shape index (κ3) is 4.18. The van der Waals surface area contributed by atoms with E-state index in [1.165, 1.54) is 5.56 Å². The molecule has 0 saturated heterocycles. The molecule has 0 amide bonds. The smallest absolute Gasteiger partial charge is 0.0951 e. The SMILES string of the molecule is C=C(Sc1ccc(C)cc1)C(O)(CCC)CCC. The van der Waals surface area contributed by atoms with Crippen LogP contribution in [-0.2, 0) is 0 Å². The Morgan fingerprint density at radius 3 is 2.11 bits per heavy atom. The van der Waals surface area contributed by atoms with E-state index in [0.29, 0.717) is 0 Å². The molecule has 0 aliphatic carbocycles. The van der Waals surface area contributed by atoms with Crippen molar-refractivity contribution in [3.05, 3.63) is 41.3 Å². The molecule has 0 aliphatic rings. The summed E-state index contributed by atoms with van der Waals surface area (Å²) in [5, 5.41) is 10.7. The average Bonchev–Trinajstić information content (AvgIpc) is 2.32. The lowest BCUT2D eigenvalue weighted by Gasteiger charge is -2.29. The maximum atomic E-state index is 10.7. The van der Waals surface area contributed by atoms with Crippen LogP contribution in [0.25, 0.3) is 0 Å². The lowest BCUT2D eigenvalue weighted by molar-refractivity contribution is 0.0671. The molecule has 18 heavy (non-hydrogen) atoms. The zero-order valence-electron chi connectivity index (χ0n) is 11.7. The Morgan fingerprint density at radius 2 is 1.67 bits per heavy atom.